The number of rotatable bonds is 5. The average Bonchev–Trinajstić information content (AvgIpc) is 2.62. The lowest BCUT2D eigenvalue weighted by molar-refractivity contribution is 0.484. The Bertz CT molecular complexity index is 129. The van der Waals surface area contributed by atoms with E-state index in [1.54, 1.807) is 0 Å². The van der Waals surface area contributed by atoms with Gasteiger partial charge in [-0.1, -0.05) is 27.7 Å². The Morgan fingerprint density at radius 2 is 1.83 bits per heavy atom. The molecule has 1 fully saturated rings. The minimum atomic E-state index is 0.658. The van der Waals surface area contributed by atoms with Crippen LogP contribution in [0, 0.1) is 17.8 Å². The zero-order valence-corrected chi connectivity index (χ0v) is 8.93. The third-order valence-electron chi connectivity index (χ3n) is 2.63. The summed E-state index contributed by atoms with van der Waals surface area (Å²) in [4.78, 5) is 0. The van der Waals surface area contributed by atoms with Crippen LogP contribution in [-0.4, -0.2) is 12.6 Å². The largest absolute Gasteiger partial charge is 0.314 e. The molecule has 0 aliphatic heterocycles. The third-order valence-corrected chi connectivity index (χ3v) is 2.63. The van der Waals surface area contributed by atoms with Crippen molar-refractivity contribution in [2.24, 2.45) is 17.8 Å². The molecule has 0 spiro atoms. The van der Waals surface area contributed by atoms with E-state index in [1.165, 1.54) is 19.4 Å². The standard InChI is InChI=1S/C11H23N/c1-8(2)5-10-6-11(10)7-12-9(3)4/h8-12H,5-7H2,1-4H3. The van der Waals surface area contributed by atoms with Crippen LogP contribution in [0.5, 0.6) is 0 Å². The Hall–Kier alpha value is -0.0400. The minimum absolute atomic E-state index is 0.658. The van der Waals surface area contributed by atoms with Gasteiger partial charge in [0.25, 0.3) is 0 Å². The summed E-state index contributed by atoms with van der Waals surface area (Å²) in [6.07, 6.45) is 2.91. The molecule has 0 amide bonds. The van der Waals surface area contributed by atoms with Crippen molar-refractivity contribution >= 4 is 0 Å². The number of hydrogen-bond donors (Lipinski definition) is 1. The predicted molar refractivity (Wildman–Crippen MR) is 54.2 cm³/mol. The molecule has 72 valence electrons. The lowest BCUT2D eigenvalue weighted by Crippen LogP contribution is -2.25. The van der Waals surface area contributed by atoms with E-state index in [0.717, 1.165) is 17.8 Å². The molecule has 1 aliphatic rings. The van der Waals surface area contributed by atoms with Crippen molar-refractivity contribution in [1.29, 1.82) is 0 Å². The molecule has 1 rings (SSSR count). The summed E-state index contributed by atoms with van der Waals surface area (Å²) in [6, 6.07) is 0.658. The van der Waals surface area contributed by atoms with Gasteiger partial charge in [-0.15, -0.1) is 0 Å². The first-order valence-corrected chi connectivity index (χ1v) is 5.33. The van der Waals surface area contributed by atoms with Gasteiger partial charge >= 0.3 is 0 Å². The Labute approximate surface area is 76.9 Å². The highest BCUT2D eigenvalue weighted by Crippen LogP contribution is 2.42. The maximum Gasteiger partial charge on any atom is 0.00104 e. The quantitative estimate of drug-likeness (QED) is 0.667. The molecule has 0 aromatic carbocycles. The summed E-state index contributed by atoms with van der Waals surface area (Å²) in [5.41, 5.74) is 0. The van der Waals surface area contributed by atoms with Crippen LogP contribution >= 0.6 is 0 Å². The van der Waals surface area contributed by atoms with Crippen LogP contribution in [-0.2, 0) is 0 Å². The molecular weight excluding hydrogens is 146 g/mol. The summed E-state index contributed by atoms with van der Waals surface area (Å²) < 4.78 is 0. The highest BCUT2D eigenvalue weighted by Gasteiger charge is 2.36. The van der Waals surface area contributed by atoms with E-state index in [-0.39, 0.29) is 0 Å². The number of hydrogen-bond acceptors (Lipinski definition) is 1. The molecule has 0 aromatic heterocycles. The first-order valence-electron chi connectivity index (χ1n) is 5.33. The second-order valence-corrected chi connectivity index (χ2v) is 4.95. The van der Waals surface area contributed by atoms with Crippen LogP contribution in [0.25, 0.3) is 0 Å². The maximum absolute atomic E-state index is 3.51. The van der Waals surface area contributed by atoms with Crippen molar-refractivity contribution in [3.8, 4) is 0 Å². The molecule has 1 nitrogen and oxygen atoms in total. The van der Waals surface area contributed by atoms with Crippen LogP contribution in [0.2, 0.25) is 0 Å². The van der Waals surface area contributed by atoms with Crippen LogP contribution in [0.1, 0.15) is 40.5 Å². The van der Waals surface area contributed by atoms with Gasteiger partial charge < -0.3 is 5.32 Å². The van der Waals surface area contributed by atoms with Gasteiger partial charge in [0, 0.05) is 6.04 Å². The molecule has 2 atom stereocenters. The van der Waals surface area contributed by atoms with Crippen molar-refractivity contribution in [2.45, 2.75) is 46.6 Å². The lowest BCUT2D eigenvalue weighted by atomic mass is 10.1. The predicted octanol–water partition coefficient (Wildman–Crippen LogP) is 2.67. The van der Waals surface area contributed by atoms with Crippen molar-refractivity contribution in [3.63, 3.8) is 0 Å². The Morgan fingerprint density at radius 1 is 1.17 bits per heavy atom. The Kier molecular flexibility index (Phi) is 3.57. The molecule has 1 aliphatic carbocycles. The maximum atomic E-state index is 3.51. The minimum Gasteiger partial charge on any atom is -0.314 e. The monoisotopic (exact) mass is 169 g/mol. The van der Waals surface area contributed by atoms with Crippen LogP contribution < -0.4 is 5.32 Å². The van der Waals surface area contributed by atoms with Gasteiger partial charge in [0.15, 0.2) is 0 Å². The molecule has 1 saturated carbocycles. The van der Waals surface area contributed by atoms with E-state index in [2.05, 4.69) is 33.0 Å². The van der Waals surface area contributed by atoms with Gasteiger partial charge in [0.05, 0.1) is 0 Å². The molecule has 0 heterocycles. The second-order valence-electron chi connectivity index (χ2n) is 4.95. The fourth-order valence-corrected chi connectivity index (χ4v) is 1.84. The SMILES string of the molecule is CC(C)CC1CC1CNC(C)C. The van der Waals surface area contributed by atoms with Crippen LogP contribution in [0.3, 0.4) is 0 Å². The summed E-state index contributed by atoms with van der Waals surface area (Å²) in [5.74, 6) is 2.92. The Balaban J connectivity index is 2.00. The summed E-state index contributed by atoms with van der Waals surface area (Å²) in [6.45, 7) is 10.3. The van der Waals surface area contributed by atoms with Crippen LogP contribution in [0.4, 0.5) is 0 Å². The summed E-state index contributed by atoms with van der Waals surface area (Å²) >= 11 is 0. The fraction of sp³-hybridized carbons (Fsp3) is 1.00. The first-order chi connectivity index (χ1) is 5.59. The highest BCUT2D eigenvalue weighted by molar-refractivity contribution is 4.88. The van der Waals surface area contributed by atoms with Gasteiger partial charge in [0.1, 0.15) is 0 Å². The van der Waals surface area contributed by atoms with E-state index in [4.69, 9.17) is 0 Å². The van der Waals surface area contributed by atoms with Gasteiger partial charge in [-0.05, 0) is 37.1 Å². The van der Waals surface area contributed by atoms with Crippen LogP contribution in [0.15, 0.2) is 0 Å². The lowest BCUT2D eigenvalue weighted by Gasteiger charge is -2.07. The van der Waals surface area contributed by atoms with E-state index >= 15 is 0 Å². The van der Waals surface area contributed by atoms with Gasteiger partial charge in [-0.3, -0.25) is 0 Å². The van der Waals surface area contributed by atoms with E-state index in [1.807, 2.05) is 0 Å². The van der Waals surface area contributed by atoms with E-state index in [9.17, 15) is 0 Å². The second kappa shape index (κ2) is 4.27. The molecule has 0 aromatic rings. The zero-order valence-electron chi connectivity index (χ0n) is 8.93. The molecule has 0 saturated heterocycles. The fourth-order valence-electron chi connectivity index (χ4n) is 1.84. The van der Waals surface area contributed by atoms with Gasteiger partial charge in [-0.2, -0.15) is 0 Å². The number of nitrogens with one attached hydrogen (secondary N) is 1. The van der Waals surface area contributed by atoms with Crippen molar-refractivity contribution in [1.82, 2.24) is 5.32 Å². The molecule has 2 unspecified atom stereocenters. The summed E-state index contributed by atoms with van der Waals surface area (Å²) in [7, 11) is 0. The molecule has 0 bridgehead atoms. The molecular formula is C11H23N. The molecule has 0 radical (unpaired) electrons. The first kappa shape index (κ1) is 10.0. The van der Waals surface area contributed by atoms with E-state index in [0.29, 0.717) is 6.04 Å². The van der Waals surface area contributed by atoms with Gasteiger partial charge in [0.2, 0.25) is 0 Å². The average molecular weight is 169 g/mol. The highest BCUT2D eigenvalue weighted by atomic mass is 14.9. The van der Waals surface area contributed by atoms with Crippen molar-refractivity contribution < 1.29 is 0 Å². The normalized spacial score (nSPS) is 28.5. The molecule has 1 N–H and O–H groups in total. The smallest absolute Gasteiger partial charge is 0.00104 e. The molecule has 12 heavy (non-hydrogen) atoms. The summed E-state index contributed by atoms with van der Waals surface area (Å²) in [5, 5.41) is 3.51. The Morgan fingerprint density at radius 3 is 2.33 bits per heavy atom. The van der Waals surface area contributed by atoms with Crippen molar-refractivity contribution in [3.05, 3.63) is 0 Å². The van der Waals surface area contributed by atoms with Crippen molar-refractivity contribution in [2.75, 3.05) is 6.54 Å². The third kappa shape index (κ3) is 3.57. The van der Waals surface area contributed by atoms with Gasteiger partial charge in [-0.25, -0.2) is 0 Å². The molecule has 1 heteroatoms. The van der Waals surface area contributed by atoms with E-state index < -0.39 is 0 Å². The zero-order chi connectivity index (χ0) is 9.14. The topological polar surface area (TPSA) is 12.0 Å².